The van der Waals surface area contributed by atoms with E-state index in [2.05, 4.69) is 0 Å². The minimum absolute atomic E-state index is 0.470. The molecule has 0 aliphatic heterocycles. The molecule has 0 spiro atoms. The standard InChI is InChI=1S/C6H13F2N3O2S/c1-4(2)11(3-5(9)10)14(12,13)6(7)8/h4,6H,3H2,1-2H3,(H3,9,10). The van der Waals surface area contributed by atoms with Crippen LogP contribution in [0, 0.1) is 5.41 Å². The van der Waals surface area contributed by atoms with Crippen molar-refractivity contribution in [1.29, 1.82) is 5.41 Å². The Bertz CT molecular complexity index is 302. The lowest BCUT2D eigenvalue weighted by molar-refractivity contribution is 0.216. The third kappa shape index (κ3) is 3.18. The van der Waals surface area contributed by atoms with Crippen molar-refractivity contribution < 1.29 is 17.2 Å². The fourth-order valence-electron chi connectivity index (χ4n) is 0.837. The molecule has 0 aliphatic carbocycles. The zero-order valence-electron chi connectivity index (χ0n) is 7.87. The third-order valence-corrected chi connectivity index (χ3v) is 3.11. The highest BCUT2D eigenvalue weighted by Gasteiger charge is 2.34. The van der Waals surface area contributed by atoms with Crippen molar-refractivity contribution in [1.82, 2.24) is 4.31 Å². The van der Waals surface area contributed by atoms with Crippen molar-refractivity contribution in [3.05, 3.63) is 0 Å². The lowest BCUT2D eigenvalue weighted by Gasteiger charge is -2.24. The van der Waals surface area contributed by atoms with Gasteiger partial charge < -0.3 is 5.73 Å². The molecule has 0 heterocycles. The maximum Gasteiger partial charge on any atom is 0.350 e. The maximum atomic E-state index is 12.1. The summed E-state index contributed by atoms with van der Waals surface area (Å²) in [5.41, 5.74) is 4.96. The van der Waals surface area contributed by atoms with Crippen LogP contribution in [0.2, 0.25) is 0 Å². The molecule has 0 rings (SSSR count). The largest absolute Gasteiger partial charge is 0.387 e. The van der Waals surface area contributed by atoms with Gasteiger partial charge in [0.05, 0.1) is 6.54 Å². The Kier molecular flexibility index (Phi) is 4.40. The Morgan fingerprint density at radius 3 is 2.14 bits per heavy atom. The molecular weight excluding hydrogens is 216 g/mol. The van der Waals surface area contributed by atoms with Crippen LogP contribution >= 0.6 is 0 Å². The summed E-state index contributed by atoms with van der Waals surface area (Å²) in [4.78, 5) is 0. The van der Waals surface area contributed by atoms with E-state index in [1.165, 1.54) is 13.8 Å². The molecule has 14 heavy (non-hydrogen) atoms. The van der Waals surface area contributed by atoms with Gasteiger partial charge in [0.25, 0.3) is 10.0 Å². The average molecular weight is 229 g/mol. The summed E-state index contributed by atoms with van der Waals surface area (Å²) in [6.07, 6.45) is 0. The zero-order chi connectivity index (χ0) is 11.5. The first-order valence-electron chi connectivity index (χ1n) is 3.81. The summed E-state index contributed by atoms with van der Waals surface area (Å²) in [6, 6.07) is -0.655. The van der Waals surface area contributed by atoms with Crippen molar-refractivity contribution in [2.24, 2.45) is 5.73 Å². The van der Waals surface area contributed by atoms with E-state index in [-0.39, 0.29) is 0 Å². The maximum absolute atomic E-state index is 12.1. The number of nitrogens with two attached hydrogens (primary N) is 1. The molecule has 0 aromatic rings. The zero-order valence-corrected chi connectivity index (χ0v) is 8.68. The van der Waals surface area contributed by atoms with Crippen molar-refractivity contribution >= 4 is 15.9 Å². The summed E-state index contributed by atoms with van der Waals surface area (Å²) in [6.45, 7) is 2.36. The van der Waals surface area contributed by atoms with Crippen LogP contribution < -0.4 is 5.73 Å². The van der Waals surface area contributed by atoms with Gasteiger partial charge in [-0.05, 0) is 13.8 Å². The minimum Gasteiger partial charge on any atom is -0.387 e. The number of sulfonamides is 1. The second kappa shape index (κ2) is 4.65. The molecule has 0 radical (unpaired) electrons. The quantitative estimate of drug-likeness (QED) is 0.521. The predicted octanol–water partition coefficient (Wildman–Crippen LogP) is 0.185. The first-order chi connectivity index (χ1) is 6.19. The van der Waals surface area contributed by atoms with Gasteiger partial charge in [0, 0.05) is 6.04 Å². The van der Waals surface area contributed by atoms with Crippen LogP contribution in [0.15, 0.2) is 0 Å². The fourth-order valence-corrected chi connectivity index (χ4v) is 1.95. The van der Waals surface area contributed by atoms with E-state index in [0.717, 1.165) is 0 Å². The Labute approximate surface area is 81.4 Å². The highest BCUT2D eigenvalue weighted by molar-refractivity contribution is 7.89. The summed E-state index contributed by atoms with van der Waals surface area (Å²) in [5, 5.41) is 6.87. The van der Waals surface area contributed by atoms with Crippen molar-refractivity contribution in [3.63, 3.8) is 0 Å². The van der Waals surface area contributed by atoms with Crippen LogP contribution in [-0.2, 0) is 10.0 Å². The van der Waals surface area contributed by atoms with Crippen LogP contribution in [0.25, 0.3) is 0 Å². The van der Waals surface area contributed by atoms with Crippen LogP contribution in [0.1, 0.15) is 13.8 Å². The van der Waals surface area contributed by atoms with E-state index in [1.54, 1.807) is 0 Å². The SMILES string of the molecule is CC(C)N(CC(=N)N)S(=O)(=O)C(F)F. The van der Waals surface area contributed by atoms with Gasteiger partial charge in [-0.25, -0.2) is 8.42 Å². The number of rotatable bonds is 5. The van der Waals surface area contributed by atoms with Gasteiger partial charge in [-0.15, -0.1) is 0 Å². The third-order valence-electron chi connectivity index (χ3n) is 1.45. The normalized spacial score (nSPS) is 12.8. The van der Waals surface area contributed by atoms with Crippen LogP contribution in [-0.4, -0.2) is 36.9 Å². The summed E-state index contributed by atoms with van der Waals surface area (Å²) >= 11 is 0. The molecule has 0 saturated heterocycles. The van der Waals surface area contributed by atoms with E-state index < -0.39 is 34.2 Å². The first-order valence-corrected chi connectivity index (χ1v) is 5.31. The molecular formula is C6H13F2N3O2S. The molecule has 0 atom stereocenters. The molecule has 5 nitrogen and oxygen atoms in total. The molecule has 8 heteroatoms. The Hall–Kier alpha value is -0.760. The molecule has 0 aromatic heterocycles. The highest BCUT2D eigenvalue weighted by atomic mass is 32.2. The van der Waals surface area contributed by atoms with Crippen molar-refractivity contribution in [2.75, 3.05) is 6.54 Å². The van der Waals surface area contributed by atoms with Gasteiger partial charge in [0.2, 0.25) is 0 Å². The number of hydrogen-bond donors (Lipinski definition) is 2. The summed E-state index contributed by atoms with van der Waals surface area (Å²) < 4.78 is 46.8. The van der Waals surface area contributed by atoms with E-state index in [0.29, 0.717) is 4.31 Å². The second-order valence-electron chi connectivity index (χ2n) is 2.97. The topological polar surface area (TPSA) is 87.2 Å². The van der Waals surface area contributed by atoms with E-state index in [9.17, 15) is 17.2 Å². The molecule has 0 fully saturated rings. The van der Waals surface area contributed by atoms with Crippen molar-refractivity contribution in [2.45, 2.75) is 25.6 Å². The Balaban J connectivity index is 4.93. The summed E-state index contributed by atoms with van der Waals surface area (Å²) in [5.74, 6) is -3.95. The smallest absolute Gasteiger partial charge is 0.350 e. The number of hydrogen-bond acceptors (Lipinski definition) is 3. The Morgan fingerprint density at radius 1 is 1.50 bits per heavy atom. The molecule has 0 aliphatic rings. The van der Waals surface area contributed by atoms with Crippen LogP contribution in [0.3, 0.4) is 0 Å². The molecule has 84 valence electrons. The minimum atomic E-state index is -4.65. The van der Waals surface area contributed by atoms with Gasteiger partial charge in [0.15, 0.2) is 0 Å². The first kappa shape index (κ1) is 13.2. The van der Waals surface area contributed by atoms with E-state index in [4.69, 9.17) is 11.1 Å². The van der Waals surface area contributed by atoms with Gasteiger partial charge in [-0.1, -0.05) is 0 Å². The second-order valence-corrected chi connectivity index (χ2v) is 4.83. The highest BCUT2D eigenvalue weighted by Crippen LogP contribution is 2.14. The molecule has 0 bridgehead atoms. The number of amidine groups is 1. The summed E-state index contributed by atoms with van der Waals surface area (Å²) in [7, 11) is -4.65. The van der Waals surface area contributed by atoms with Gasteiger partial charge in [-0.3, -0.25) is 5.41 Å². The molecule has 0 amide bonds. The predicted molar refractivity (Wildman–Crippen MR) is 48.7 cm³/mol. The average Bonchev–Trinajstić information content (AvgIpc) is 1.98. The fraction of sp³-hybridized carbons (Fsp3) is 0.833. The van der Waals surface area contributed by atoms with Crippen LogP contribution in [0.5, 0.6) is 0 Å². The number of alkyl halides is 2. The van der Waals surface area contributed by atoms with E-state index >= 15 is 0 Å². The van der Waals surface area contributed by atoms with Crippen LogP contribution in [0.4, 0.5) is 8.78 Å². The molecule has 0 unspecified atom stereocenters. The number of halogens is 2. The molecule has 0 aromatic carbocycles. The lowest BCUT2D eigenvalue weighted by Crippen LogP contribution is -2.44. The lowest BCUT2D eigenvalue weighted by atomic mass is 10.4. The molecule has 3 N–H and O–H groups in total. The Morgan fingerprint density at radius 2 is 1.93 bits per heavy atom. The molecule has 0 saturated carbocycles. The monoisotopic (exact) mass is 229 g/mol. The number of nitrogens with one attached hydrogen (secondary N) is 1. The number of nitrogens with zero attached hydrogens (tertiary/aromatic N) is 1. The van der Waals surface area contributed by atoms with Crippen molar-refractivity contribution in [3.8, 4) is 0 Å². The van der Waals surface area contributed by atoms with E-state index in [1.807, 2.05) is 0 Å². The van der Waals surface area contributed by atoms with Gasteiger partial charge in [0.1, 0.15) is 5.84 Å². The van der Waals surface area contributed by atoms with Gasteiger partial charge in [-0.2, -0.15) is 13.1 Å². The van der Waals surface area contributed by atoms with Gasteiger partial charge >= 0.3 is 5.76 Å².